The first kappa shape index (κ1) is 14.4. The fraction of sp³-hybridized carbons (Fsp3) is 0.647. The van der Waals surface area contributed by atoms with Crippen molar-refractivity contribution in [3.63, 3.8) is 0 Å². The van der Waals surface area contributed by atoms with E-state index in [1.54, 1.807) is 0 Å². The van der Waals surface area contributed by atoms with E-state index in [0.717, 1.165) is 6.42 Å². The molecular weight excluding hydrogens is 234 g/mol. The lowest BCUT2D eigenvalue weighted by Crippen LogP contribution is -2.42. The van der Waals surface area contributed by atoms with E-state index in [0.29, 0.717) is 17.7 Å². The van der Waals surface area contributed by atoms with Gasteiger partial charge in [0.25, 0.3) is 0 Å². The molecule has 1 aliphatic carbocycles. The Morgan fingerprint density at radius 2 is 1.89 bits per heavy atom. The molecule has 2 atom stereocenters. The summed E-state index contributed by atoms with van der Waals surface area (Å²) < 4.78 is 0. The molecular formula is C17H27NO. The van der Waals surface area contributed by atoms with E-state index in [4.69, 9.17) is 0 Å². The molecule has 0 aromatic heterocycles. The fourth-order valence-corrected chi connectivity index (χ4v) is 3.56. The molecule has 106 valence electrons. The molecule has 1 aromatic carbocycles. The van der Waals surface area contributed by atoms with Gasteiger partial charge in [-0.1, -0.05) is 32.9 Å². The molecule has 0 bridgehead atoms. The van der Waals surface area contributed by atoms with Crippen LogP contribution in [0.2, 0.25) is 0 Å². The van der Waals surface area contributed by atoms with Gasteiger partial charge in [0.2, 0.25) is 0 Å². The number of hydrogen-bond donors (Lipinski definition) is 1. The SMILES string of the molecule is CCCN(CCC)C1CCc2c(O)cccc2C1C. The Balaban J connectivity index is 2.22. The van der Waals surface area contributed by atoms with Gasteiger partial charge in [-0.3, -0.25) is 4.90 Å². The molecule has 0 saturated carbocycles. The van der Waals surface area contributed by atoms with Crippen LogP contribution in [0.3, 0.4) is 0 Å². The zero-order valence-electron chi connectivity index (χ0n) is 12.5. The first-order chi connectivity index (χ1) is 9.19. The van der Waals surface area contributed by atoms with Crippen LogP contribution in [-0.2, 0) is 6.42 Å². The van der Waals surface area contributed by atoms with Crippen molar-refractivity contribution in [1.82, 2.24) is 4.90 Å². The van der Waals surface area contributed by atoms with Gasteiger partial charge < -0.3 is 5.11 Å². The van der Waals surface area contributed by atoms with Gasteiger partial charge in [-0.2, -0.15) is 0 Å². The molecule has 2 unspecified atom stereocenters. The van der Waals surface area contributed by atoms with Crippen molar-refractivity contribution in [2.45, 2.75) is 58.4 Å². The lowest BCUT2D eigenvalue weighted by Gasteiger charge is -2.39. The van der Waals surface area contributed by atoms with Crippen LogP contribution in [0.4, 0.5) is 0 Å². The summed E-state index contributed by atoms with van der Waals surface area (Å²) in [6, 6.07) is 6.63. The minimum absolute atomic E-state index is 0.486. The Hall–Kier alpha value is -1.02. The van der Waals surface area contributed by atoms with Gasteiger partial charge in [0.1, 0.15) is 5.75 Å². The van der Waals surface area contributed by atoms with Gasteiger partial charge >= 0.3 is 0 Å². The summed E-state index contributed by atoms with van der Waals surface area (Å²) in [5.41, 5.74) is 2.53. The molecule has 2 rings (SSSR count). The van der Waals surface area contributed by atoms with Crippen molar-refractivity contribution >= 4 is 0 Å². The topological polar surface area (TPSA) is 23.5 Å². The van der Waals surface area contributed by atoms with Crippen LogP contribution in [0.25, 0.3) is 0 Å². The van der Waals surface area contributed by atoms with Crippen molar-refractivity contribution in [3.05, 3.63) is 29.3 Å². The van der Waals surface area contributed by atoms with Gasteiger partial charge in [0.05, 0.1) is 0 Å². The van der Waals surface area contributed by atoms with E-state index in [9.17, 15) is 5.11 Å². The van der Waals surface area contributed by atoms with Crippen molar-refractivity contribution in [2.24, 2.45) is 0 Å². The lowest BCUT2D eigenvalue weighted by molar-refractivity contribution is 0.158. The van der Waals surface area contributed by atoms with Crippen LogP contribution in [0, 0.1) is 0 Å². The monoisotopic (exact) mass is 261 g/mol. The third kappa shape index (κ3) is 2.94. The van der Waals surface area contributed by atoms with Crippen LogP contribution in [-0.4, -0.2) is 29.1 Å². The van der Waals surface area contributed by atoms with E-state index >= 15 is 0 Å². The second-order valence-electron chi connectivity index (χ2n) is 5.78. The summed E-state index contributed by atoms with van der Waals surface area (Å²) in [5, 5.41) is 9.99. The van der Waals surface area contributed by atoms with Crippen LogP contribution in [0.1, 0.15) is 57.1 Å². The van der Waals surface area contributed by atoms with Crippen LogP contribution in [0.15, 0.2) is 18.2 Å². The standard InChI is InChI=1S/C17H27NO/c1-4-11-18(12-5-2)16-10-9-15-14(13(16)3)7-6-8-17(15)19/h6-8,13,16,19H,4-5,9-12H2,1-3H3. The van der Waals surface area contributed by atoms with Crippen molar-refractivity contribution in [3.8, 4) is 5.75 Å². The molecule has 1 aliphatic rings. The van der Waals surface area contributed by atoms with E-state index < -0.39 is 0 Å². The zero-order chi connectivity index (χ0) is 13.8. The fourth-order valence-electron chi connectivity index (χ4n) is 3.56. The molecule has 2 nitrogen and oxygen atoms in total. The predicted molar refractivity (Wildman–Crippen MR) is 80.8 cm³/mol. The highest BCUT2D eigenvalue weighted by molar-refractivity contribution is 5.43. The molecule has 0 amide bonds. The van der Waals surface area contributed by atoms with Crippen LogP contribution >= 0.6 is 0 Å². The average molecular weight is 261 g/mol. The third-order valence-electron chi connectivity index (χ3n) is 4.44. The average Bonchev–Trinajstić information content (AvgIpc) is 2.40. The molecule has 2 heteroatoms. The van der Waals surface area contributed by atoms with Crippen LogP contribution < -0.4 is 0 Å². The number of benzene rings is 1. The summed E-state index contributed by atoms with van der Waals surface area (Å²) in [6.07, 6.45) is 4.62. The highest BCUT2D eigenvalue weighted by Gasteiger charge is 2.30. The lowest BCUT2D eigenvalue weighted by atomic mass is 9.79. The largest absolute Gasteiger partial charge is 0.508 e. The number of aromatic hydroxyl groups is 1. The normalized spacial score (nSPS) is 22.5. The number of hydrogen-bond acceptors (Lipinski definition) is 2. The minimum Gasteiger partial charge on any atom is -0.508 e. The number of fused-ring (bicyclic) bond motifs is 1. The predicted octanol–water partition coefficient (Wildman–Crippen LogP) is 3.93. The maximum Gasteiger partial charge on any atom is 0.119 e. The molecule has 0 fully saturated rings. The Bertz CT molecular complexity index is 410. The van der Waals surface area contributed by atoms with Crippen LogP contribution in [0.5, 0.6) is 5.75 Å². The van der Waals surface area contributed by atoms with Crippen molar-refractivity contribution in [2.75, 3.05) is 13.1 Å². The Kier molecular flexibility index (Phi) is 4.87. The molecule has 0 heterocycles. The quantitative estimate of drug-likeness (QED) is 0.868. The van der Waals surface area contributed by atoms with E-state index in [1.807, 2.05) is 12.1 Å². The molecule has 1 N–H and O–H groups in total. The zero-order valence-corrected chi connectivity index (χ0v) is 12.5. The Labute approximate surface area is 117 Å². The summed E-state index contributed by atoms with van der Waals surface area (Å²) in [7, 11) is 0. The van der Waals surface area contributed by atoms with Crippen molar-refractivity contribution in [1.29, 1.82) is 0 Å². The minimum atomic E-state index is 0.486. The first-order valence-corrected chi connectivity index (χ1v) is 7.73. The molecule has 1 aromatic rings. The number of phenolic OH excluding ortho intramolecular Hbond substituents is 1. The number of rotatable bonds is 5. The molecule has 0 aliphatic heterocycles. The molecule has 0 spiro atoms. The molecule has 19 heavy (non-hydrogen) atoms. The highest BCUT2D eigenvalue weighted by atomic mass is 16.3. The van der Waals surface area contributed by atoms with Crippen molar-refractivity contribution < 1.29 is 5.11 Å². The second kappa shape index (κ2) is 6.42. The summed E-state index contributed by atoms with van der Waals surface area (Å²) in [4.78, 5) is 2.65. The van der Waals surface area contributed by atoms with E-state index in [2.05, 4.69) is 31.7 Å². The maximum absolute atomic E-state index is 9.99. The highest BCUT2D eigenvalue weighted by Crippen LogP contribution is 2.38. The first-order valence-electron chi connectivity index (χ1n) is 7.73. The Morgan fingerprint density at radius 1 is 1.21 bits per heavy atom. The molecule has 0 saturated heterocycles. The summed E-state index contributed by atoms with van der Waals surface area (Å²) in [6.45, 7) is 9.22. The summed E-state index contributed by atoms with van der Waals surface area (Å²) >= 11 is 0. The maximum atomic E-state index is 9.99. The smallest absolute Gasteiger partial charge is 0.119 e. The number of phenols is 1. The molecule has 0 radical (unpaired) electrons. The summed E-state index contributed by atoms with van der Waals surface area (Å²) in [5.74, 6) is 1.01. The van der Waals surface area contributed by atoms with Gasteiger partial charge in [-0.25, -0.2) is 0 Å². The van der Waals surface area contributed by atoms with E-state index in [-0.39, 0.29) is 0 Å². The third-order valence-corrected chi connectivity index (χ3v) is 4.44. The van der Waals surface area contributed by atoms with Gasteiger partial charge in [0, 0.05) is 6.04 Å². The number of nitrogens with zero attached hydrogens (tertiary/aromatic N) is 1. The van der Waals surface area contributed by atoms with Gasteiger partial charge in [-0.05, 0) is 61.9 Å². The van der Waals surface area contributed by atoms with Gasteiger partial charge in [0.15, 0.2) is 0 Å². The Morgan fingerprint density at radius 3 is 2.53 bits per heavy atom. The van der Waals surface area contributed by atoms with Gasteiger partial charge in [-0.15, -0.1) is 0 Å². The second-order valence-corrected chi connectivity index (χ2v) is 5.78. The van der Waals surface area contributed by atoms with E-state index in [1.165, 1.54) is 43.5 Å².